The van der Waals surface area contributed by atoms with Crippen LogP contribution in [0, 0.1) is 5.92 Å². The van der Waals surface area contributed by atoms with E-state index in [1.807, 2.05) is 18.2 Å². The third kappa shape index (κ3) is 8.46. The minimum atomic E-state index is 0. The molecule has 0 aliphatic carbocycles. The number of rotatable bonds is 9. The van der Waals surface area contributed by atoms with Gasteiger partial charge in [0.1, 0.15) is 5.01 Å². The van der Waals surface area contributed by atoms with E-state index in [1.165, 1.54) is 0 Å². The molecule has 2 rings (SSSR count). The van der Waals surface area contributed by atoms with E-state index in [4.69, 9.17) is 4.74 Å². The Hall–Kier alpha value is -1.19. The normalized spacial score (nSPS) is 11.3. The Morgan fingerprint density at radius 3 is 2.65 bits per heavy atom. The number of halogens is 1. The van der Waals surface area contributed by atoms with Crippen molar-refractivity contribution in [1.82, 2.24) is 15.6 Å². The van der Waals surface area contributed by atoms with Crippen LogP contribution in [0.3, 0.4) is 0 Å². The van der Waals surface area contributed by atoms with Crippen LogP contribution in [-0.2, 0) is 11.3 Å². The predicted molar refractivity (Wildman–Crippen MR) is 121 cm³/mol. The number of aliphatic imine (C=N–C) groups is 1. The van der Waals surface area contributed by atoms with Crippen LogP contribution in [0.5, 0.6) is 0 Å². The van der Waals surface area contributed by atoms with Gasteiger partial charge in [0, 0.05) is 31.1 Å². The smallest absolute Gasteiger partial charge is 0.191 e. The van der Waals surface area contributed by atoms with E-state index in [0.717, 1.165) is 41.8 Å². The zero-order chi connectivity index (χ0) is 17.9. The third-order valence-corrected chi connectivity index (χ3v) is 4.55. The van der Waals surface area contributed by atoms with Crippen LogP contribution in [0.2, 0.25) is 0 Å². The van der Waals surface area contributed by atoms with E-state index in [1.54, 1.807) is 18.4 Å². The second-order valence-corrected chi connectivity index (χ2v) is 7.02. The molecule has 2 N–H and O–H groups in total. The highest BCUT2D eigenvalue weighted by Crippen LogP contribution is 2.23. The molecule has 0 aliphatic heterocycles. The zero-order valence-corrected chi connectivity index (χ0v) is 18.8. The van der Waals surface area contributed by atoms with Gasteiger partial charge in [-0.15, -0.1) is 35.3 Å². The van der Waals surface area contributed by atoms with Crippen LogP contribution < -0.4 is 10.6 Å². The number of benzene rings is 1. The number of nitrogens with zero attached hydrogens (tertiary/aromatic N) is 2. The summed E-state index contributed by atoms with van der Waals surface area (Å²) >= 11 is 1.66. The lowest BCUT2D eigenvalue weighted by molar-refractivity contribution is 0.128. The molecule has 0 amide bonds. The Bertz CT molecular complexity index is 646. The van der Waals surface area contributed by atoms with Gasteiger partial charge in [0.2, 0.25) is 0 Å². The van der Waals surface area contributed by atoms with E-state index in [-0.39, 0.29) is 24.0 Å². The van der Waals surface area contributed by atoms with Gasteiger partial charge in [0.25, 0.3) is 0 Å². The van der Waals surface area contributed by atoms with Crippen LogP contribution in [0.1, 0.15) is 26.0 Å². The van der Waals surface area contributed by atoms with Gasteiger partial charge in [0.05, 0.1) is 18.8 Å². The van der Waals surface area contributed by atoms with Crippen molar-refractivity contribution in [1.29, 1.82) is 0 Å². The highest BCUT2D eigenvalue weighted by atomic mass is 127. The maximum Gasteiger partial charge on any atom is 0.191 e. The number of ether oxygens (including phenoxy) is 1. The summed E-state index contributed by atoms with van der Waals surface area (Å²) in [4.78, 5) is 8.90. The molecule has 26 heavy (non-hydrogen) atoms. The highest BCUT2D eigenvalue weighted by Gasteiger charge is 2.05. The summed E-state index contributed by atoms with van der Waals surface area (Å²) in [6.45, 7) is 7.29. The first kappa shape index (κ1) is 22.9. The molecule has 7 heteroatoms. The monoisotopic (exact) mass is 488 g/mol. The summed E-state index contributed by atoms with van der Waals surface area (Å²) in [5.41, 5.74) is 2.17. The minimum absolute atomic E-state index is 0. The third-order valence-electron chi connectivity index (χ3n) is 3.61. The van der Waals surface area contributed by atoms with Crippen molar-refractivity contribution in [2.75, 3.05) is 26.8 Å². The van der Waals surface area contributed by atoms with Crippen molar-refractivity contribution >= 4 is 41.3 Å². The van der Waals surface area contributed by atoms with Gasteiger partial charge >= 0.3 is 0 Å². The van der Waals surface area contributed by atoms with E-state index < -0.39 is 0 Å². The van der Waals surface area contributed by atoms with Crippen molar-refractivity contribution in [2.45, 2.75) is 26.8 Å². The molecule has 0 saturated carbocycles. The van der Waals surface area contributed by atoms with Gasteiger partial charge in [-0.25, -0.2) is 4.98 Å². The second-order valence-electron chi connectivity index (χ2n) is 6.16. The van der Waals surface area contributed by atoms with Crippen LogP contribution >= 0.6 is 35.3 Å². The Kier molecular flexibility index (Phi) is 11.5. The van der Waals surface area contributed by atoms with Crippen LogP contribution in [0.25, 0.3) is 10.6 Å². The Morgan fingerprint density at radius 2 is 1.96 bits per heavy atom. The van der Waals surface area contributed by atoms with E-state index in [0.29, 0.717) is 19.1 Å². The summed E-state index contributed by atoms with van der Waals surface area (Å²) < 4.78 is 5.60. The molecule has 0 atom stereocenters. The molecule has 5 nitrogen and oxygen atoms in total. The lowest BCUT2D eigenvalue weighted by atomic mass is 10.1. The lowest BCUT2D eigenvalue weighted by Gasteiger charge is -2.11. The fourth-order valence-electron chi connectivity index (χ4n) is 2.16. The lowest BCUT2D eigenvalue weighted by Crippen LogP contribution is -2.38. The average Bonchev–Trinajstić information content (AvgIpc) is 3.10. The molecule has 0 unspecified atom stereocenters. The minimum Gasteiger partial charge on any atom is -0.380 e. The zero-order valence-electron chi connectivity index (χ0n) is 15.7. The quantitative estimate of drug-likeness (QED) is 0.241. The summed E-state index contributed by atoms with van der Waals surface area (Å²) in [5, 5.41) is 9.66. The summed E-state index contributed by atoms with van der Waals surface area (Å²) in [5.74, 6) is 1.45. The molecule has 0 spiro atoms. The highest BCUT2D eigenvalue weighted by molar-refractivity contribution is 14.0. The van der Waals surface area contributed by atoms with Gasteiger partial charge < -0.3 is 15.4 Å². The topological polar surface area (TPSA) is 58.5 Å². The molecular formula is C19H29IN4OS. The van der Waals surface area contributed by atoms with Gasteiger partial charge in [-0.3, -0.25) is 4.99 Å². The fraction of sp³-hybridized carbons (Fsp3) is 0.474. The molecule has 0 fully saturated rings. The summed E-state index contributed by atoms with van der Waals surface area (Å²) in [7, 11) is 1.77. The van der Waals surface area contributed by atoms with Crippen molar-refractivity contribution in [3.05, 3.63) is 41.4 Å². The van der Waals surface area contributed by atoms with Crippen molar-refractivity contribution in [3.63, 3.8) is 0 Å². The molecule has 1 aromatic heterocycles. The van der Waals surface area contributed by atoms with Gasteiger partial charge in [-0.2, -0.15) is 0 Å². The summed E-state index contributed by atoms with van der Waals surface area (Å²) in [6.07, 6.45) is 1.10. The first-order valence-corrected chi connectivity index (χ1v) is 9.59. The predicted octanol–water partition coefficient (Wildman–Crippen LogP) is 4.16. The fourth-order valence-corrected chi connectivity index (χ4v) is 2.98. The molecule has 1 aromatic carbocycles. The maximum atomic E-state index is 5.60. The van der Waals surface area contributed by atoms with E-state index >= 15 is 0 Å². The maximum absolute atomic E-state index is 5.60. The Labute approximate surface area is 177 Å². The SMILES string of the molecule is CN=C(NCCOCCC(C)C)NCc1csc(-c2ccccc2)n1.I. The molecule has 2 aromatic rings. The van der Waals surface area contributed by atoms with Crippen molar-refractivity contribution in [3.8, 4) is 10.6 Å². The second kappa shape index (κ2) is 13.1. The van der Waals surface area contributed by atoms with E-state index in [2.05, 4.69) is 52.0 Å². The van der Waals surface area contributed by atoms with Crippen LogP contribution in [-0.4, -0.2) is 37.7 Å². The first-order chi connectivity index (χ1) is 12.2. The first-order valence-electron chi connectivity index (χ1n) is 8.71. The number of nitrogens with one attached hydrogen (secondary N) is 2. The molecule has 0 aliphatic rings. The van der Waals surface area contributed by atoms with Gasteiger partial charge in [0.15, 0.2) is 5.96 Å². The largest absolute Gasteiger partial charge is 0.380 e. The number of guanidine groups is 1. The number of hydrogen-bond acceptors (Lipinski definition) is 4. The van der Waals surface area contributed by atoms with Gasteiger partial charge in [-0.1, -0.05) is 44.2 Å². The average molecular weight is 488 g/mol. The molecule has 0 radical (unpaired) electrons. The molecule has 1 heterocycles. The molecule has 0 bridgehead atoms. The van der Waals surface area contributed by atoms with Crippen LogP contribution in [0.15, 0.2) is 40.7 Å². The molecule has 0 saturated heterocycles. The van der Waals surface area contributed by atoms with Crippen LogP contribution in [0.4, 0.5) is 0 Å². The summed E-state index contributed by atoms with van der Waals surface area (Å²) in [6, 6.07) is 10.2. The molecular weight excluding hydrogens is 459 g/mol. The van der Waals surface area contributed by atoms with E-state index in [9.17, 15) is 0 Å². The van der Waals surface area contributed by atoms with Crippen molar-refractivity contribution < 1.29 is 4.74 Å². The Morgan fingerprint density at radius 1 is 1.19 bits per heavy atom. The molecule has 144 valence electrons. The number of hydrogen-bond donors (Lipinski definition) is 2. The van der Waals surface area contributed by atoms with Gasteiger partial charge in [-0.05, 0) is 12.3 Å². The Balaban J connectivity index is 0.00000338. The van der Waals surface area contributed by atoms with Crippen molar-refractivity contribution in [2.24, 2.45) is 10.9 Å². The number of aromatic nitrogens is 1. The standard InChI is InChI=1S/C19H28N4OS.HI/c1-15(2)9-11-24-12-10-21-19(20-3)22-13-17-14-25-18(23-17)16-7-5-4-6-8-16;/h4-8,14-15H,9-13H2,1-3H3,(H2,20,21,22);1H. The number of thiazole rings is 1.